The van der Waals surface area contributed by atoms with Crippen molar-refractivity contribution >= 4 is 11.8 Å². The highest BCUT2D eigenvalue weighted by molar-refractivity contribution is 5.90. The first kappa shape index (κ1) is 13.6. The Balaban J connectivity index is 1.73. The molecule has 2 amide bonds. The largest absolute Gasteiger partial charge is 0.344 e. The van der Waals surface area contributed by atoms with E-state index in [9.17, 15) is 9.59 Å². The molecule has 1 N–H and O–H groups in total. The number of carbonyl (C=O) groups excluding carboxylic acids is 2. The summed E-state index contributed by atoms with van der Waals surface area (Å²) in [5, 5.41) is 2.71. The lowest BCUT2D eigenvalue weighted by molar-refractivity contribution is -0.133. The molecule has 102 valence electrons. The topological polar surface area (TPSA) is 49.4 Å². The molecular formula is C15H20N2O2. The summed E-state index contributed by atoms with van der Waals surface area (Å²) in [7, 11) is 1.80. The van der Waals surface area contributed by atoms with Gasteiger partial charge in [-0.25, -0.2) is 0 Å². The molecule has 0 radical (unpaired) electrons. The van der Waals surface area contributed by atoms with Crippen molar-refractivity contribution in [3.05, 3.63) is 35.9 Å². The van der Waals surface area contributed by atoms with E-state index >= 15 is 0 Å². The summed E-state index contributed by atoms with van der Waals surface area (Å²) >= 11 is 0. The smallest absolute Gasteiger partial charge is 0.244 e. The molecule has 1 aliphatic heterocycles. The van der Waals surface area contributed by atoms with Crippen molar-refractivity contribution in [1.82, 2.24) is 10.2 Å². The second-order valence-electron chi connectivity index (χ2n) is 5.01. The van der Waals surface area contributed by atoms with Gasteiger partial charge in [0.2, 0.25) is 11.8 Å². The Morgan fingerprint density at radius 1 is 1.37 bits per heavy atom. The zero-order valence-electron chi connectivity index (χ0n) is 11.3. The standard InChI is InChI=1S/C15H20N2O2/c1-17(15(19)13-9-10-14(18)16-13)11-5-8-12-6-3-2-4-7-12/h2-4,6-7,13H,5,8-11H2,1H3,(H,16,18)/t13-/m0/s1. The van der Waals surface area contributed by atoms with Crippen LogP contribution in [-0.4, -0.2) is 36.3 Å². The normalized spacial score (nSPS) is 18.2. The zero-order chi connectivity index (χ0) is 13.7. The van der Waals surface area contributed by atoms with Crippen LogP contribution in [0.5, 0.6) is 0 Å². The Kier molecular flexibility index (Phi) is 4.55. The maximum Gasteiger partial charge on any atom is 0.244 e. The molecule has 0 spiro atoms. The van der Waals surface area contributed by atoms with Gasteiger partial charge >= 0.3 is 0 Å². The van der Waals surface area contributed by atoms with Crippen molar-refractivity contribution in [1.29, 1.82) is 0 Å². The van der Waals surface area contributed by atoms with E-state index in [1.165, 1.54) is 5.56 Å². The molecule has 1 aromatic carbocycles. The molecule has 0 saturated carbocycles. The minimum Gasteiger partial charge on any atom is -0.344 e. The number of amides is 2. The van der Waals surface area contributed by atoms with Gasteiger partial charge in [-0.05, 0) is 24.8 Å². The molecule has 1 saturated heterocycles. The molecule has 19 heavy (non-hydrogen) atoms. The number of rotatable bonds is 5. The summed E-state index contributed by atoms with van der Waals surface area (Å²) in [6.07, 6.45) is 3.00. The van der Waals surface area contributed by atoms with Gasteiger partial charge in [-0.2, -0.15) is 0 Å². The Morgan fingerprint density at radius 2 is 2.11 bits per heavy atom. The predicted molar refractivity (Wildman–Crippen MR) is 73.6 cm³/mol. The average Bonchev–Trinajstić information content (AvgIpc) is 2.85. The van der Waals surface area contributed by atoms with Gasteiger partial charge in [0.25, 0.3) is 0 Å². The van der Waals surface area contributed by atoms with E-state index in [1.807, 2.05) is 18.2 Å². The fourth-order valence-electron chi connectivity index (χ4n) is 2.34. The van der Waals surface area contributed by atoms with Gasteiger partial charge in [0.15, 0.2) is 0 Å². The summed E-state index contributed by atoms with van der Waals surface area (Å²) in [6.45, 7) is 0.722. The average molecular weight is 260 g/mol. The first-order valence-corrected chi connectivity index (χ1v) is 6.75. The lowest BCUT2D eigenvalue weighted by atomic mass is 10.1. The highest BCUT2D eigenvalue weighted by Crippen LogP contribution is 2.10. The third-order valence-electron chi connectivity index (χ3n) is 3.47. The highest BCUT2D eigenvalue weighted by Gasteiger charge is 2.28. The molecule has 1 heterocycles. The number of nitrogens with zero attached hydrogens (tertiary/aromatic N) is 1. The maximum absolute atomic E-state index is 12.0. The Bertz CT molecular complexity index is 445. The second kappa shape index (κ2) is 6.36. The second-order valence-corrected chi connectivity index (χ2v) is 5.01. The Labute approximate surface area is 113 Å². The first-order valence-electron chi connectivity index (χ1n) is 6.75. The fourth-order valence-corrected chi connectivity index (χ4v) is 2.34. The molecule has 1 aromatic rings. The molecule has 1 aliphatic rings. The van der Waals surface area contributed by atoms with Crippen LogP contribution in [0.15, 0.2) is 30.3 Å². The molecule has 0 unspecified atom stereocenters. The van der Waals surface area contributed by atoms with Crippen molar-refractivity contribution in [2.75, 3.05) is 13.6 Å². The van der Waals surface area contributed by atoms with E-state index < -0.39 is 0 Å². The first-order chi connectivity index (χ1) is 9.16. The number of hydrogen-bond acceptors (Lipinski definition) is 2. The number of hydrogen-bond donors (Lipinski definition) is 1. The highest BCUT2D eigenvalue weighted by atomic mass is 16.2. The van der Waals surface area contributed by atoms with Crippen molar-refractivity contribution in [2.45, 2.75) is 31.7 Å². The summed E-state index contributed by atoms with van der Waals surface area (Å²) < 4.78 is 0. The Hall–Kier alpha value is -1.84. The fraction of sp³-hybridized carbons (Fsp3) is 0.467. The number of nitrogens with one attached hydrogen (secondary N) is 1. The molecule has 0 bridgehead atoms. The van der Waals surface area contributed by atoms with Crippen LogP contribution in [0.25, 0.3) is 0 Å². The maximum atomic E-state index is 12.0. The molecule has 1 fully saturated rings. The lowest BCUT2D eigenvalue weighted by Gasteiger charge is -2.20. The molecule has 2 rings (SSSR count). The van der Waals surface area contributed by atoms with Crippen LogP contribution in [0.3, 0.4) is 0 Å². The molecular weight excluding hydrogens is 240 g/mol. The molecule has 4 heteroatoms. The van der Waals surface area contributed by atoms with Gasteiger partial charge in [0.1, 0.15) is 6.04 Å². The van der Waals surface area contributed by atoms with Crippen LogP contribution in [0.2, 0.25) is 0 Å². The molecule has 1 atom stereocenters. The zero-order valence-corrected chi connectivity index (χ0v) is 11.3. The van der Waals surface area contributed by atoms with E-state index in [1.54, 1.807) is 11.9 Å². The lowest BCUT2D eigenvalue weighted by Crippen LogP contribution is -2.43. The molecule has 0 aromatic heterocycles. The van der Waals surface area contributed by atoms with Crippen LogP contribution < -0.4 is 5.32 Å². The van der Waals surface area contributed by atoms with Crippen molar-refractivity contribution in [3.63, 3.8) is 0 Å². The van der Waals surface area contributed by atoms with E-state index in [-0.39, 0.29) is 17.9 Å². The molecule has 0 aliphatic carbocycles. The van der Waals surface area contributed by atoms with E-state index in [2.05, 4.69) is 17.4 Å². The van der Waals surface area contributed by atoms with Gasteiger partial charge in [-0.3, -0.25) is 9.59 Å². The van der Waals surface area contributed by atoms with Gasteiger partial charge in [0.05, 0.1) is 0 Å². The Morgan fingerprint density at radius 3 is 2.74 bits per heavy atom. The minimum absolute atomic E-state index is 0.0176. The van der Waals surface area contributed by atoms with Gasteiger partial charge in [-0.1, -0.05) is 30.3 Å². The van der Waals surface area contributed by atoms with Crippen LogP contribution in [0, 0.1) is 0 Å². The van der Waals surface area contributed by atoms with Gasteiger partial charge in [-0.15, -0.1) is 0 Å². The quantitative estimate of drug-likeness (QED) is 0.869. The van der Waals surface area contributed by atoms with Crippen molar-refractivity contribution < 1.29 is 9.59 Å². The number of carbonyl (C=O) groups is 2. The number of benzene rings is 1. The monoisotopic (exact) mass is 260 g/mol. The predicted octanol–water partition coefficient (Wildman–Crippen LogP) is 1.36. The summed E-state index contributed by atoms with van der Waals surface area (Å²) in [5.74, 6) is 0.00921. The van der Waals surface area contributed by atoms with Gasteiger partial charge < -0.3 is 10.2 Å². The minimum atomic E-state index is -0.311. The van der Waals surface area contributed by atoms with E-state index in [0.717, 1.165) is 19.4 Å². The van der Waals surface area contributed by atoms with E-state index in [0.29, 0.717) is 12.8 Å². The number of aryl methyl sites for hydroxylation is 1. The van der Waals surface area contributed by atoms with Crippen LogP contribution in [0.1, 0.15) is 24.8 Å². The summed E-state index contributed by atoms with van der Waals surface area (Å²) in [5.41, 5.74) is 1.29. The van der Waals surface area contributed by atoms with Crippen molar-refractivity contribution in [3.8, 4) is 0 Å². The number of likely N-dealkylation sites (N-methyl/N-ethyl adjacent to an activating group) is 1. The van der Waals surface area contributed by atoms with E-state index in [4.69, 9.17) is 0 Å². The third-order valence-corrected chi connectivity index (χ3v) is 3.47. The SMILES string of the molecule is CN(CCCc1ccccc1)C(=O)[C@@H]1CCC(=O)N1. The van der Waals surface area contributed by atoms with Crippen LogP contribution in [0.4, 0.5) is 0 Å². The third kappa shape index (κ3) is 3.81. The van der Waals surface area contributed by atoms with Crippen LogP contribution >= 0.6 is 0 Å². The summed E-state index contributed by atoms with van der Waals surface area (Å²) in [6, 6.07) is 9.94. The van der Waals surface area contributed by atoms with Gasteiger partial charge in [0, 0.05) is 20.0 Å². The van der Waals surface area contributed by atoms with Crippen LogP contribution in [-0.2, 0) is 16.0 Å². The summed E-state index contributed by atoms with van der Waals surface area (Å²) in [4.78, 5) is 24.9. The van der Waals surface area contributed by atoms with Crippen molar-refractivity contribution in [2.24, 2.45) is 0 Å². The molecule has 4 nitrogen and oxygen atoms in total.